The Labute approximate surface area is 177 Å². The SMILES string of the molecule is Cc1ccccc1-c1cccc(C[C@@H]2CN(C(=O)c3ccccc3)CCNC2=O)c1. The molecule has 4 rings (SSSR count). The molecule has 1 aliphatic rings. The molecule has 1 heterocycles. The van der Waals surface area contributed by atoms with Gasteiger partial charge in [0.2, 0.25) is 5.91 Å². The third-order valence-electron chi connectivity index (χ3n) is 5.67. The van der Waals surface area contributed by atoms with E-state index in [-0.39, 0.29) is 17.7 Å². The molecule has 30 heavy (non-hydrogen) atoms. The number of hydrogen-bond donors (Lipinski definition) is 1. The summed E-state index contributed by atoms with van der Waals surface area (Å²) in [4.78, 5) is 27.4. The summed E-state index contributed by atoms with van der Waals surface area (Å²) in [5.41, 5.74) is 5.33. The van der Waals surface area contributed by atoms with Gasteiger partial charge in [0.15, 0.2) is 0 Å². The molecular formula is C26H26N2O2. The van der Waals surface area contributed by atoms with Gasteiger partial charge in [-0.25, -0.2) is 0 Å². The number of carbonyl (C=O) groups is 2. The highest BCUT2D eigenvalue weighted by molar-refractivity contribution is 5.94. The molecule has 0 saturated carbocycles. The van der Waals surface area contributed by atoms with Gasteiger partial charge in [0.05, 0.1) is 5.92 Å². The molecule has 4 nitrogen and oxygen atoms in total. The van der Waals surface area contributed by atoms with Crippen LogP contribution in [0.4, 0.5) is 0 Å². The van der Waals surface area contributed by atoms with Crippen LogP contribution in [0.5, 0.6) is 0 Å². The third-order valence-corrected chi connectivity index (χ3v) is 5.67. The molecule has 0 unspecified atom stereocenters. The van der Waals surface area contributed by atoms with Gasteiger partial charge >= 0.3 is 0 Å². The smallest absolute Gasteiger partial charge is 0.253 e. The molecule has 0 aromatic heterocycles. The number of rotatable bonds is 4. The largest absolute Gasteiger partial charge is 0.354 e. The highest BCUT2D eigenvalue weighted by Gasteiger charge is 2.28. The Morgan fingerprint density at radius 3 is 2.57 bits per heavy atom. The topological polar surface area (TPSA) is 49.4 Å². The lowest BCUT2D eigenvalue weighted by molar-refractivity contribution is -0.124. The van der Waals surface area contributed by atoms with Crippen molar-refractivity contribution in [2.45, 2.75) is 13.3 Å². The molecule has 1 saturated heterocycles. The van der Waals surface area contributed by atoms with E-state index in [1.807, 2.05) is 48.5 Å². The van der Waals surface area contributed by atoms with Gasteiger partial charge in [-0.1, -0.05) is 66.7 Å². The number of hydrogen-bond acceptors (Lipinski definition) is 2. The summed E-state index contributed by atoms with van der Waals surface area (Å²) in [6.45, 7) is 3.54. The Kier molecular flexibility index (Phi) is 5.94. The minimum atomic E-state index is -0.271. The van der Waals surface area contributed by atoms with E-state index in [0.717, 1.165) is 11.1 Å². The second-order valence-electron chi connectivity index (χ2n) is 7.82. The summed E-state index contributed by atoms with van der Waals surface area (Å²) in [5.74, 6) is -0.280. The summed E-state index contributed by atoms with van der Waals surface area (Å²) in [7, 11) is 0. The monoisotopic (exact) mass is 398 g/mol. The van der Waals surface area contributed by atoms with Gasteiger partial charge in [-0.05, 0) is 47.7 Å². The van der Waals surface area contributed by atoms with Crippen LogP contribution in [0.1, 0.15) is 21.5 Å². The molecule has 3 aromatic carbocycles. The maximum absolute atomic E-state index is 12.9. The molecule has 4 heteroatoms. The van der Waals surface area contributed by atoms with E-state index in [2.05, 4.69) is 42.6 Å². The molecular weight excluding hydrogens is 372 g/mol. The quantitative estimate of drug-likeness (QED) is 0.720. The first kappa shape index (κ1) is 19.9. The van der Waals surface area contributed by atoms with Crippen molar-refractivity contribution < 1.29 is 9.59 Å². The second-order valence-corrected chi connectivity index (χ2v) is 7.82. The Balaban J connectivity index is 1.54. The molecule has 0 bridgehead atoms. The normalized spacial score (nSPS) is 16.6. The Morgan fingerprint density at radius 2 is 1.77 bits per heavy atom. The molecule has 1 fully saturated rings. The fourth-order valence-corrected chi connectivity index (χ4v) is 4.05. The van der Waals surface area contributed by atoms with Crippen molar-refractivity contribution >= 4 is 11.8 Å². The average Bonchev–Trinajstić information content (AvgIpc) is 2.96. The van der Waals surface area contributed by atoms with Crippen molar-refractivity contribution in [1.29, 1.82) is 0 Å². The fourth-order valence-electron chi connectivity index (χ4n) is 4.05. The molecule has 0 aliphatic carbocycles. The highest BCUT2D eigenvalue weighted by atomic mass is 16.2. The van der Waals surface area contributed by atoms with Crippen molar-refractivity contribution in [3.8, 4) is 11.1 Å². The summed E-state index contributed by atoms with van der Waals surface area (Å²) in [6, 6.07) is 25.9. The number of nitrogens with zero attached hydrogens (tertiary/aromatic N) is 1. The maximum Gasteiger partial charge on any atom is 0.253 e. The van der Waals surface area contributed by atoms with Gasteiger partial charge in [-0.3, -0.25) is 9.59 Å². The molecule has 2 amide bonds. The summed E-state index contributed by atoms with van der Waals surface area (Å²) >= 11 is 0. The molecule has 1 N–H and O–H groups in total. The van der Waals surface area contributed by atoms with E-state index in [4.69, 9.17) is 0 Å². The van der Waals surface area contributed by atoms with Crippen LogP contribution >= 0.6 is 0 Å². The van der Waals surface area contributed by atoms with Gasteiger partial charge < -0.3 is 10.2 Å². The summed E-state index contributed by atoms with van der Waals surface area (Å²) < 4.78 is 0. The Hall–Kier alpha value is -3.40. The molecule has 3 aromatic rings. The van der Waals surface area contributed by atoms with Crippen molar-refractivity contribution in [2.75, 3.05) is 19.6 Å². The van der Waals surface area contributed by atoms with E-state index in [1.165, 1.54) is 11.1 Å². The molecule has 152 valence electrons. The van der Waals surface area contributed by atoms with Crippen LogP contribution in [0.15, 0.2) is 78.9 Å². The van der Waals surface area contributed by atoms with E-state index in [0.29, 0.717) is 31.6 Å². The molecule has 0 radical (unpaired) electrons. The minimum Gasteiger partial charge on any atom is -0.354 e. The van der Waals surface area contributed by atoms with Crippen LogP contribution < -0.4 is 5.32 Å². The first-order valence-electron chi connectivity index (χ1n) is 10.4. The summed E-state index contributed by atoms with van der Waals surface area (Å²) in [5, 5.41) is 2.97. The van der Waals surface area contributed by atoms with Crippen molar-refractivity contribution in [2.24, 2.45) is 5.92 Å². The van der Waals surface area contributed by atoms with Crippen LogP contribution in [0.3, 0.4) is 0 Å². The predicted molar refractivity (Wildman–Crippen MR) is 119 cm³/mol. The van der Waals surface area contributed by atoms with Crippen LogP contribution in [0, 0.1) is 12.8 Å². The van der Waals surface area contributed by atoms with Crippen LogP contribution in [0.2, 0.25) is 0 Å². The number of benzene rings is 3. The Bertz CT molecular complexity index is 1050. The zero-order chi connectivity index (χ0) is 20.9. The number of nitrogens with one attached hydrogen (secondary N) is 1. The zero-order valence-corrected chi connectivity index (χ0v) is 17.2. The van der Waals surface area contributed by atoms with E-state index in [1.54, 1.807) is 4.90 Å². The van der Waals surface area contributed by atoms with Crippen molar-refractivity contribution in [3.63, 3.8) is 0 Å². The second kappa shape index (κ2) is 8.95. The van der Waals surface area contributed by atoms with E-state index < -0.39 is 0 Å². The Morgan fingerprint density at radius 1 is 1.00 bits per heavy atom. The van der Waals surface area contributed by atoms with Crippen LogP contribution in [-0.4, -0.2) is 36.3 Å². The van der Waals surface area contributed by atoms with Gasteiger partial charge in [0.1, 0.15) is 0 Å². The fraction of sp³-hybridized carbons (Fsp3) is 0.231. The minimum absolute atomic E-state index is 0.0136. The van der Waals surface area contributed by atoms with Gasteiger partial charge in [-0.2, -0.15) is 0 Å². The lowest BCUT2D eigenvalue weighted by atomic mass is 9.94. The van der Waals surface area contributed by atoms with Gasteiger partial charge in [0.25, 0.3) is 5.91 Å². The average molecular weight is 399 g/mol. The lowest BCUT2D eigenvalue weighted by Crippen LogP contribution is -2.37. The standard InChI is InChI=1S/C26H26N2O2/c1-19-8-5-6-13-24(19)22-12-7-9-20(16-22)17-23-18-28(15-14-27-25(23)29)26(30)21-10-3-2-4-11-21/h2-13,16,23H,14-15,17-18H2,1H3,(H,27,29)/t23-/m1/s1. The number of aryl methyl sites for hydroxylation is 1. The number of carbonyl (C=O) groups excluding carboxylic acids is 2. The maximum atomic E-state index is 12.9. The molecule has 1 aliphatic heterocycles. The van der Waals surface area contributed by atoms with Crippen molar-refractivity contribution in [1.82, 2.24) is 10.2 Å². The van der Waals surface area contributed by atoms with Gasteiger partial charge in [0, 0.05) is 25.2 Å². The zero-order valence-electron chi connectivity index (χ0n) is 17.2. The number of amides is 2. The lowest BCUT2D eigenvalue weighted by Gasteiger charge is -2.23. The predicted octanol–water partition coefficient (Wildman–Crippen LogP) is 4.09. The molecule has 1 atom stereocenters. The summed E-state index contributed by atoms with van der Waals surface area (Å²) in [6.07, 6.45) is 0.601. The van der Waals surface area contributed by atoms with Crippen LogP contribution in [0.25, 0.3) is 11.1 Å². The van der Waals surface area contributed by atoms with Gasteiger partial charge in [-0.15, -0.1) is 0 Å². The molecule has 0 spiro atoms. The first-order chi connectivity index (χ1) is 14.6. The first-order valence-corrected chi connectivity index (χ1v) is 10.4. The van der Waals surface area contributed by atoms with Crippen LogP contribution in [-0.2, 0) is 11.2 Å². The highest BCUT2D eigenvalue weighted by Crippen LogP contribution is 2.25. The van der Waals surface area contributed by atoms with E-state index in [9.17, 15) is 9.59 Å². The third kappa shape index (κ3) is 4.43. The van der Waals surface area contributed by atoms with E-state index >= 15 is 0 Å². The van der Waals surface area contributed by atoms with Crippen molar-refractivity contribution in [3.05, 3.63) is 95.6 Å².